The van der Waals surface area contributed by atoms with Crippen LogP contribution in [0.2, 0.25) is 0 Å². The molecule has 0 aliphatic rings. The summed E-state index contributed by atoms with van der Waals surface area (Å²) in [6.45, 7) is -0.500. The molecule has 0 aromatic carbocycles. The van der Waals surface area contributed by atoms with Gasteiger partial charge in [-0.05, 0) is 6.42 Å². The molecule has 0 saturated heterocycles. The fourth-order valence-electron chi connectivity index (χ4n) is 0.414. The number of carboxylic acids is 2. The van der Waals surface area contributed by atoms with E-state index in [1.54, 1.807) is 0 Å². The Morgan fingerprint density at radius 1 is 0.857 bits per heavy atom. The van der Waals surface area contributed by atoms with E-state index >= 15 is 0 Å². The van der Waals surface area contributed by atoms with Crippen LogP contribution in [-0.2, 0) is 19.7 Å². The normalized spacial score (nSPS) is 9.00. The van der Waals surface area contributed by atoms with Gasteiger partial charge < -0.3 is 35.2 Å². The van der Waals surface area contributed by atoms with Gasteiger partial charge in [-0.25, -0.2) is 8.42 Å². The average molecular weight is 344 g/mol. The second-order valence-electron chi connectivity index (χ2n) is 2.67. The number of rotatable bonds is 6. The maximum Gasteiger partial charge on any atom is 1.00 e. The van der Waals surface area contributed by atoms with Gasteiger partial charge in [-0.2, -0.15) is 0 Å². The van der Waals surface area contributed by atoms with E-state index in [9.17, 15) is 18.0 Å². The van der Waals surface area contributed by atoms with Crippen LogP contribution >= 0.6 is 0 Å². The largest absolute Gasteiger partial charge is 1.00 e. The molecule has 7 N–H and O–H groups in total. The van der Waals surface area contributed by atoms with Crippen molar-refractivity contribution >= 4 is 22.1 Å². The molecular weight excluding hydrogens is 327 g/mol. The zero-order chi connectivity index (χ0) is 16.8. The summed E-state index contributed by atoms with van der Waals surface area (Å²) in [4.78, 5) is 19.9. The molecule has 0 unspecified atom stereocenters. The molecule has 0 aliphatic heterocycles. The minimum Gasteiger partial charge on any atom is -0.502 e. The summed E-state index contributed by atoms with van der Waals surface area (Å²) < 4.78 is 28.6. The van der Waals surface area contributed by atoms with Gasteiger partial charge in [0.25, 0.3) is 5.97 Å². The molecule has 0 fully saturated rings. The van der Waals surface area contributed by atoms with E-state index in [4.69, 9.17) is 35.2 Å². The summed E-state index contributed by atoms with van der Waals surface area (Å²) in [5, 5.41) is 45.2. The third-order valence-electron chi connectivity index (χ3n) is 1.06. The topological polar surface area (TPSA) is 210 Å². The van der Waals surface area contributed by atoms with E-state index in [1.165, 1.54) is 0 Å². The van der Waals surface area contributed by atoms with Crippen LogP contribution in [-0.4, -0.2) is 82.0 Å². The van der Waals surface area contributed by atoms with Crippen LogP contribution in [0.25, 0.3) is 0 Å². The molecule has 0 amide bonds. The predicted molar refractivity (Wildman–Crippen MR) is 63.0 cm³/mol. The van der Waals surface area contributed by atoms with E-state index in [2.05, 4.69) is 0 Å². The molecule has 0 saturated carbocycles. The molecule has 21 heavy (non-hydrogen) atoms. The molecule has 0 heterocycles. The molecule has 0 spiro atoms. The maximum atomic E-state index is 10.2. The van der Waals surface area contributed by atoms with Crippen molar-refractivity contribution in [3.63, 3.8) is 0 Å². The van der Waals surface area contributed by atoms with E-state index in [0.29, 0.717) is 0 Å². The van der Waals surface area contributed by atoms with Crippen molar-refractivity contribution in [3.8, 4) is 0 Å². The van der Waals surface area contributed by atoms with Crippen LogP contribution < -0.4 is 29.6 Å². The van der Waals surface area contributed by atoms with Gasteiger partial charge in [0.05, 0.1) is 26.4 Å². The van der Waals surface area contributed by atoms with Crippen LogP contribution in [0, 0.1) is 5.25 Å². The van der Waals surface area contributed by atoms with Gasteiger partial charge in [-0.15, -0.1) is 5.25 Å². The fraction of sp³-hybridized carbons (Fsp3) is 0.625. The van der Waals surface area contributed by atoms with Gasteiger partial charge in [0, 0.05) is 0 Å². The number of aliphatic hydroxyl groups is 4. The number of hydrogen-bond acceptors (Lipinski definition) is 8. The van der Waals surface area contributed by atoms with Crippen molar-refractivity contribution in [2.45, 2.75) is 6.42 Å². The Kier molecular flexibility index (Phi) is 24.1. The van der Waals surface area contributed by atoms with Gasteiger partial charge in [0.15, 0.2) is 16.1 Å². The molecule has 0 bridgehead atoms. The molecule has 122 valence electrons. The van der Waals surface area contributed by atoms with Crippen LogP contribution in [0.1, 0.15) is 6.42 Å². The van der Waals surface area contributed by atoms with Gasteiger partial charge in [-0.1, -0.05) is 0 Å². The summed E-state index contributed by atoms with van der Waals surface area (Å²) in [5.74, 6) is -3.62. The SMILES string of the molecule is O=C(O)C[C-](C(=O)O)S(=O)(=O)O.OCCO.OCCO.[Na+]. The summed E-state index contributed by atoms with van der Waals surface area (Å²) in [5.41, 5.74) is 0. The van der Waals surface area contributed by atoms with Crippen molar-refractivity contribution in [1.29, 1.82) is 0 Å². The standard InChI is InChI=1S/C4H5O7S.2C2H6O2.Na/c5-3(6)1-2(4(7)8)12(9,10)11;2*3-1-2-4;/h1H2,(H,5,6)(H,7,8)(H,9,10,11);2*3-4H,1-2H2;/q-1;;;+1. The van der Waals surface area contributed by atoms with Gasteiger partial charge in [-0.3, -0.25) is 9.59 Å². The Hall–Kier alpha value is -0.440. The summed E-state index contributed by atoms with van der Waals surface area (Å²) in [7, 11) is -4.92. The Labute approximate surface area is 142 Å². The van der Waals surface area contributed by atoms with E-state index in [1.807, 2.05) is 0 Å². The number of carboxylic acid groups (broad SMARTS) is 2. The average Bonchev–Trinajstić information content (AvgIpc) is 2.34. The number of aliphatic hydroxyl groups excluding tert-OH is 4. The van der Waals surface area contributed by atoms with E-state index in [0.717, 1.165) is 0 Å². The minimum absolute atomic E-state index is 0. The molecule has 0 radical (unpaired) electrons. The molecule has 0 aromatic heterocycles. The second-order valence-corrected chi connectivity index (χ2v) is 4.11. The van der Waals surface area contributed by atoms with Crippen LogP contribution in [0.4, 0.5) is 0 Å². The van der Waals surface area contributed by atoms with E-state index in [-0.39, 0.29) is 56.0 Å². The third-order valence-corrected chi connectivity index (χ3v) is 2.00. The van der Waals surface area contributed by atoms with Crippen molar-refractivity contribution in [1.82, 2.24) is 0 Å². The van der Waals surface area contributed by atoms with Gasteiger partial charge in [0.1, 0.15) is 0 Å². The van der Waals surface area contributed by atoms with Gasteiger partial charge in [0.2, 0.25) is 0 Å². The Morgan fingerprint density at radius 3 is 1.19 bits per heavy atom. The second kappa shape index (κ2) is 17.6. The molecule has 13 heteroatoms. The zero-order valence-electron chi connectivity index (χ0n) is 11.2. The molecular formula is C8H17NaO11S. The molecule has 0 aliphatic carbocycles. The summed E-state index contributed by atoms with van der Waals surface area (Å²) in [6.07, 6.45) is -1.24. The smallest absolute Gasteiger partial charge is 0.502 e. The maximum absolute atomic E-state index is 10.2. The van der Waals surface area contributed by atoms with E-state index < -0.39 is 33.7 Å². The monoisotopic (exact) mass is 344 g/mol. The van der Waals surface area contributed by atoms with Crippen LogP contribution in [0.15, 0.2) is 0 Å². The number of aliphatic carboxylic acids is 2. The fourth-order valence-corrected chi connectivity index (χ4v) is 0.941. The zero-order valence-corrected chi connectivity index (χ0v) is 14.0. The quantitative estimate of drug-likeness (QED) is 0.137. The first-order valence-corrected chi connectivity index (χ1v) is 6.24. The summed E-state index contributed by atoms with van der Waals surface area (Å²) >= 11 is 0. The molecule has 0 aromatic rings. The number of carbonyl (C=O) groups is 2. The first-order valence-electron chi connectivity index (χ1n) is 4.80. The van der Waals surface area contributed by atoms with Crippen LogP contribution in [0.3, 0.4) is 0 Å². The van der Waals surface area contributed by atoms with Crippen molar-refractivity contribution in [2.24, 2.45) is 0 Å². The molecule has 11 nitrogen and oxygen atoms in total. The molecule has 0 atom stereocenters. The Morgan fingerprint density at radius 2 is 1.14 bits per heavy atom. The first-order chi connectivity index (χ1) is 9.08. The van der Waals surface area contributed by atoms with Crippen molar-refractivity contribution in [2.75, 3.05) is 26.4 Å². The molecule has 0 rings (SSSR count). The number of hydrogen-bond donors (Lipinski definition) is 7. The third kappa shape index (κ3) is 24.9. The minimum atomic E-state index is -4.92. The van der Waals surface area contributed by atoms with Crippen molar-refractivity contribution in [3.05, 3.63) is 5.25 Å². The van der Waals surface area contributed by atoms with Crippen molar-refractivity contribution < 1.29 is 82.8 Å². The predicted octanol–water partition coefficient (Wildman–Crippen LogP) is -6.09. The van der Waals surface area contributed by atoms with Gasteiger partial charge >= 0.3 is 29.6 Å². The first kappa shape index (κ1) is 28.7. The Balaban J connectivity index is -0.000000134. The van der Waals surface area contributed by atoms with Crippen LogP contribution in [0.5, 0.6) is 0 Å². The Bertz CT molecular complexity index is 347. The summed E-state index contributed by atoms with van der Waals surface area (Å²) in [6, 6.07) is 0.